The molecule has 0 aromatic carbocycles. The maximum atomic E-state index is 11.8. The number of amides is 1. The molecule has 0 spiro atoms. The molecule has 0 aliphatic rings. The van der Waals surface area contributed by atoms with Crippen LogP contribution in [0.4, 0.5) is 4.79 Å². The summed E-state index contributed by atoms with van der Waals surface area (Å²) < 4.78 is 7.26. The average Bonchev–Trinajstić information content (AvgIpc) is 2.69. The van der Waals surface area contributed by atoms with Crippen LogP contribution in [-0.2, 0) is 11.8 Å². The van der Waals surface area contributed by atoms with E-state index in [9.17, 15) is 4.79 Å². The molecule has 1 aromatic heterocycles. The lowest BCUT2D eigenvalue weighted by atomic mass is 10.1. The van der Waals surface area contributed by atoms with E-state index < -0.39 is 17.2 Å². The highest BCUT2D eigenvalue weighted by atomic mass is 16.6. The monoisotopic (exact) mass is 296 g/mol. The largest absolute Gasteiger partial charge is 0.444 e. The Kier molecular flexibility index (Phi) is 5.39. The maximum Gasteiger partial charge on any atom is 0.408 e. The van der Waals surface area contributed by atoms with Crippen LogP contribution < -0.4 is 10.6 Å². The number of carbonyl (C=O) groups is 1. The molecule has 1 heterocycles. The standard InChI is InChI=1S/C15H28N4O2/c1-11(12-16-8-9-19(12)7)17-10-15(5,6)18-13(20)21-14(2,3)4/h8-9,11,17H,10H2,1-7H3,(H,18,20). The van der Waals surface area contributed by atoms with Gasteiger partial charge in [-0.3, -0.25) is 0 Å². The molecular weight excluding hydrogens is 268 g/mol. The molecule has 1 amide bonds. The Labute approximate surface area is 127 Å². The normalized spacial score (nSPS) is 13.9. The van der Waals surface area contributed by atoms with Crippen LogP contribution >= 0.6 is 0 Å². The molecule has 6 heteroatoms. The zero-order chi connectivity index (χ0) is 16.3. The van der Waals surface area contributed by atoms with Crippen LogP contribution in [0.2, 0.25) is 0 Å². The first-order chi connectivity index (χ1) is 9.50. The summed E-state index contributed by atoms with van der Waals surface area (Å²) in [5.41, 5.74) is -0.907. The van der Waals surface area contributed by atoms with E-state index >= 15 is 0 Å². The molecule has 21 heavy (non-hydrogen) atoms. The van der Waals surface area contributed by atoms with Crippen LogP contribution in [0.15, 0.2) is 12.4 Å². The number of imidazole rings is 1. The Morgan fingerprint density at radius 3 is 2.48 bits per heavy atom. The summed E-state index contributed by atoms with van der Waals surface area (Å²) in [5, 5.41) is 6.26. The SMILES string of the molecule is CC(NCC(C)(C)NC(=O)OC(C)(C)C)c1nccn1C. The molecule has 120 valence electrons. The third-order valence-corrected chi connectivity index (χ3v) is 2.94. The molecular formula is C15H28N4O2. The molecule has 1 atom stereocenters. The zero-order valence-electron chi connectivity index (χ0n) is 14.2. The summed E-state index contributed by atoms with van der Waals surface area (Å²) in [5.74, 6) is 0.961. The van der Waals surface area contributed by atoms with E-state index in [0.717, 1.165) is 5.82 Å². The van der Waals surface area contributed by atoms with Gasteiger partial charge in [0.2, 0.25) is 0 Å². The van der Waals surface area contributed by atoms with E-state index in [1.165, 1.54) is 0 Å². The van der Waals surface area contributed by atoms with Gasteiger partial charge in [-0.1, -0.05) is 0 Å². The number of ether oxygens (including phenoxy) is 1. The zero-order valence-corrected chi connectivity index (χ0v) is 14.2. The molecule has 2 N–H and O–H groups in total. The highest BCUT2D eigenvalue weighted by Gasteiger charge is 2.25. The van der Waals surface area contributed by atoms with Crippen LogP contribution in [0.1, 0.15) is 53.4 Å². The summed E-state index contributed by atoms with van der Waals surface area (Å²) in [6, 6.07) is 0.102. The van der Waals surface area contributed by atoms with E-state index in [0.29, 0.717) is 6.54 Å². The van der Waals surface area contributed by atoms with Gasteiger partial charge in [-0.2, -0.15) is 0 Å². The molecule has 0 aliphatic heterocycles. The van der Waals surface area contributed by atoms with Crippen molar-refractivity contribution < 1.29 is 9.53 Å². The van der Waals surface area contributed by atoms with Crippen LogP contribution in [0.5, 0.6) is 0 Å². The van der Waals surface area contributed by atoms with Crippen molar-refractivity contribution in [3.05, 3.63) is 18.2 Å². The molecule has 1 aromatic rings. The fourth-order valence-electron chi connectivity index (χ4n) is 1.92. The van der Waals surface area contributed by atoms with Gasteiger partial charge in [-0.15, -0.1) is 0 Å². The van der Waals surface area contributed by atoms with E-state index in [-0.39, 0.29) is 6.04 Å². The van der Waals surface area contributed by atoms with Crippen molar-refractivity contribution in [3.63, 3.8) is 0 Å². The summed E-state index contributed by atoms with van der Waals surface area (Å²) in [7, 11) is 1.96. The van der Waals surface area contributed by atoms with E-state index in [1.54, 1.807) is 6.20 Å². The predicted octanol–water partition coefficient (Wildman–Crippen LogP) is 2.37. The van der Waals surface area contributed by atoms with Crippen molar-refractivity contribution in [2.24, 2.45) is 7.05 Å². The third kappa shape index (κ3) is 6.16. The fraction of sp³-hybridized carbons (Fsp3) is 0.733. The summed E-state index contributed by atoms with van der Waals surface area (Å²) in [4.78, 5) is 16.1. The smallest absolute Gasteiger partial charge is 0.408 e. The number of nitrogens with one attached hydrogen (secondary N) is 2. The second-order valence-corrected chi connectivity index (χ2v) is 7.01. The van der Waals surface area contributed by atoms with Gasteiger partial charge in [0.1, 0.15) is 11.4 Å². The molecule has 0 aliphatic carbocycles. The highest BCUT2D eigenvalue weighted by Crippen LogP contribution is 2.12. The number of aromatic nitrogens is 2. The Bertz CT molecular complexity index is 474. The van der Waals surface area contributed by atoms with Gasteiger partial charge in [0, 0.05) is 26.0 Å². The molecule has 1 rings (SSSR count). The first kappa shape index (κ1) is 17.5. The Balaban J connectivity index is 2.49. The minimum Gasteiger partial charge on any atom is -0.444 e. The number of nitrogens with zero attached hydrogens (tertiary/aromatic N) is 2. The minimum absolute atomic E-state index is 0.102. The quantitative estimate of drug-likeness (QED) is 0.875. The molecule has 0 saturated heterocycles. The van der Waals surface area contributed by atoms with Crippen LogP contribution in [0, 0.1) is 0 Å². The lowest BCUT2D eigenvalue weighted by Gasteiger charge is -2.30. The van der Waals surface area contributed by atoms with Crippen molar-refractivity contribution in [3.8, 4) is 0 Å². The van der Waals surface area contributed by atoms with Gasteiger partial charge in [-0.25, -0.2) is 9.78 Å². The second-order valence-electron chi connectivity index (χ2n) is 7.01. The number of rotatable bonds is 5. The lowest BCUT2D eigenvalue weighted by Crippen LogP contribution is -2.52. The summed E-state index contributed by atoms with van der Waals surface area (Å²) >= 11 is 0. The summed E-state index contributed by atoms with van der Waals surface area (Å²) in [6.07, 6.45) is 3.29. The Hall–Kier alpha value is -1.56. The summed E-state index contributed by atoms with van der Waals surface area (Å²) in [6.45, 7) is 12.1. The number of alkyl carbamates (subject to hydrolysis) is 1. The van der Waals surface area contributed by atoms with Crippen molar-refractivity contribution >= 4 is 6.09 Å². The van der Waals surface area contributed by atoms with Crippen molar-refractivity contribution in [1.29, 1.82) is 0 Å². The molecule has 1 unspecified atom stereocenters. The first-order valence-corrected chi connectivity index (χ1v) is 7.22. The second kappa shape index (κ2) is 6.47. The van der Waals surface area contributed by atoms with Crippen molar-refractivity contribution in [2.75, 3.05) is 6.54 Å². The third-order valence-electron chi connectivity index (χ3n) is 2.94. The van der Waals surface area contributed by atoms with Gasteiger partial charge in [0.15, 0.2) is 0 Å². The highest BCUT2D eigenvalue weighted by molar-refractivity contribution is 5.68. The Morgan fingerprint density at radius 1 is 1.38 bits per heavy atom. The molecule has 0 saturated carbocycles. The van der Waals surface area contributed by atoms with Gasteiger partial charge in [0.25, 0.3) is 0 Å². The van der Waals surface area contributed by atoms with Gasteiger partial charge in [-0.05, 0) is 41.5 Å². The number of hydrogen-bond acceptors (Lipinski definition) is 4. The van der Waals surface area contributed by atoms with E-state index in [4.69, 9.17) is 4.74 Å². The van der Waals surface area contributed by atoms with Crippen LogP contribution in [0.25, 0.3) is 0 Å². The number of carbonyl (C=O) groups excluding carboxylic acids is 1. The minimum atomic E-state index is -0.492. The van der Waals surface area contributed by atoms with Crippen LogP contribution in [0.3, 0.4) is 0 Å². The van der Waals surface area contributed by atoms with Gasteiger partial charge in [0.05, 0.1) is 11.6 Å². The molecule has 0 bridgehead atoms. The molecule has 0 fully saturated rings. The van der Waals surface area contributed by atoms with E-state index in [2.05, 4.69) is 15.6 Å². The Morgan fingerprint density at radius 2 is 2.00 bits per heavy atom. The van der Waals surface area contributed by atoms with Gasteiger partial charge >= 0.3 is 6.09 Å². The molecule has 6 nitrogen and oxygen atoms in total. The van der Waals surface area contributed by atoms with Crippen LogP contribution in [-0.4, -0.2) is 33.3 Å². The number of hydrogen-bond donors (Lipinski definition) is 2. The maximum absolute atomic E-state index is 11.8. The molecule has 0 radical (unpaired) electrons. The first-order valence-electron chi connectivity index (χ1n) is 7.22. The van der Waals surface area contributed by atoms with Crippen molar-refractivity contribution in [2.45, 2.75) is 58.7 Å². The predicted molar refractivity (Wildman–Crippen MR) is 83.1 cm³/mol. The van der Waals surface area contributed by atoms with E-state index in [1.807, 2.05) is 59.4 Å². The van der Waals surface area contributed by atoms with Gasteiger partial charge < -0.3 is 19.9 Å². The number of aryl methyl sites for hydroxylation is 1. The lowest BCUT2D eigenvalue weighted by molar-refractivity contribution is 0.0470. The average molecular weight is 296 g/mol. The topological polar surface area (TPSA) is 68.2 Å². The van der Waals surface area contributed by atoms with Crippen molar-refractivity contribution in [1.82, 2.24) is 20.2 Å². The fourth-order valence-corrected chi connectivity index (χ4v) is 1.92.